The summed E-state index contributed by atoms with van der Waals surface area (Å²) < 4.78 is 0. The first-order valence-corrected chi connectivity index (χ1v) is 11.1. The molecule has 0 N–H and O–H groups in total. The Bertz CT molecular complexity index is 1120. The van der Waals surface area contributed by atoms with Crippen LogP contribution in [-0.2, 0) is 0 Å². The molecule has 0 aliphatic carbocycles. The number of urea groups is 1. The second-order valence-corrected chi connectivity index (χ2v) is 8.56. The van der Waals surface area contributed by atoms with Crippen molar-refractivity contribution in [3.63, 3.8) is 0 Å². The van der Waals surface area contributed by atoms with Gasteiger partial charge >= 0.3 is 6.03 Å². The number of anilines is 2. The molecule has 0 spiro atoms. The van der Waals surface area contributed by atoms with Gasteiger partial charge in [0.15, 0.2) is 0 Å². The number of halogens is 2. The summed E-state index contributed by atoms with van der Waals surface area (Å²) in [6, 6.07) is 34.5. The van der Waals surface area contributed by atoms with Crippen molar-refractivity contribution in [3.05, 3.63) is 130 Å². The number of hydrogen-bond acceptors (Lipinski definition) is 1. The minimum Gasteiger partial charge on any atom is -0.284 e. The first-order valence-electron chi connectivity index (χ1n) is 10.4. The van der Waals surface area contributed by atoms with E-state index in [2.05, 4.69) is 24.3 Å². The summed E-state index contributed by atoms with van der Waals surface area (Å²) in [6.45, 7) is 0. The molecule has 32 heavy (non-hydrogen) atoms. The van der Waals surface area contributed by atoms with Gasteiger partial charge in [0, 0.05) is 21.4 Å². The highest BCUT2D eigenvalue weighted by molar-refractivity contribution is 6.31. The number of benzene rings is 4. The number of carbonyl (C=O) groups excluding carboxylic acids is 1. The van der Waals surface area contributed by atoms with Crippen LogP contribution in [0.4, 0.5) is 16.2 Å². The summed E-state index contributed by atoms with van der Waals surface area (Å²) in [5, 5.41) is 1.26. The summed E-state index contributed by atoms with van der Waals surface area (Å²) in [4.78, 5) is 17.7. The van der Waals surface area contributed by atoms with Crippen LogP contribution < -0.4 is 9.80 Å². The van der Waals surface area contributed by atoms with E-state index in [1.54, 1.807) is 0 Å². The molecule has 4 aromatic rings. The third-order valence-electron chi connectivity index (χ3n) is 5.76. The molecule has 0 saturated carbocycles. The molecule has 2 amide bonds. The van der Waals surface area contributed by atoms with Crippen molar-refractivity contribution in [1.29, 1.82) is 0 Å². The van der Waals surface area contributed by atoms with Crippen LogP contribution in [0.2, 0.25) is 10.0 Å². The highest BCUT2D eigenvalue weighted by Gasteiger charge is 2.48. The van der Waals surface area contributed by atoms with Crippen molar-refractivity contribution in [1.82, 2.24) is 0 Å². The molecular formula is C27H20Cl2N2O. The zero-order valence-electron chi connectivity index (χ0n) is 17.1. The van der Waals surface area contributed by atoms with Crippen molar-refractivity contribution < 1.29 is 4.79 Å². The SMILES string of the molecule is O=C1N(c2ccc(Cl)cc2)C(c2ccccc2)C(c2ccccc2)N1c1ccc(Cl)cc1. The Morgan fingerprint density at radius 3 is 1.19 bits per heavy atom. The van der Waals surface area contributed by atoms with Crippen LogP contribution in [0.1, 0.15) is 23.2 Å². The lowest BCUT2D eigenvalue weighted by Crippen LogP contribution is -2.32. The standard InChI is InChI=1S/C27H20Cl2N2O/c28-21-11-15-23(16-12-21)30-25(19-7-3-1-4-8-19)26(20-9-5-2-6-10-20)31(27(30)32)24-17-13-22(29)14-18-24/h1-18,25-26H. The molecule has 5 rings (SSSR count). The first-order chi connectivity index (χ1) is 15.6. The predicted octanol–water partition coefficient (Wildman–Crippen LogP) is 7.92. The highest BCUT2D eigenvalue weighted by atomic mass is 35.5. The van der Waals surface area contributed by atoms with Crippen LogP contribution in [0, 0.1) is 0 Å². The lowest BCUT2D eigenvalue weighted by molar-refractivity contribution is 0.255. The zero-order valence-corrected chi connectivity index (χ0v) is 18.6. The topological polar surface area (TPSA) is 23.6 Å². The van der Waals surface area contributed by atoms with Gasteiger partial charge < -0.3 is 0 Å². The fourth-order valence-electron chi connectivity index (χ4n) is 4.35. The fraction of sp³-hybridized carbons (Fsp3) is 0.0741. The van der Waals surface area contributed by atoms with Gasteiger partial charge in [-0.3, -0.25) is 9.80 Å². The molecule has 2 atom stereocenters. The van der Waals surface area contributed by atoms with Crippen LogP contribution >= 0.6 is 23.2 Å². The van der Waals surface area contributed by atoms with Crippen LogP contribution in [0.15, 0.2) is 109 Å². The number of carbonyl (C=O) groups is 1. The summed E-state index contributed by atoms with van der Waals surface area (Å²) in [6.07, 6.45) is 0. The van der Waals surface area contributed by atoms with Crippen molar-refractivity contribution >= 4 is 40.6 Å². The van der Waals surface area contributed by atoms with Gasteiger partial charge in [-0.25, -0.2) is 4.79 Å². The zero-order chi connectivity index (χ0) is 22.1. The molecular weight excluding hydrogens is 439 g/mol. The van der Waals surface area contributed by atoms with Gasteiger partial charge in [0.1, 0.15) is 0 Å². The monoisotopic (exact) mass is 458 g/mol. The molecule has 0 radical (unpaired) electrons. The largest absolute Gasteiger partial charge is 0.330 e. The summed E-state index contributed by atoms with van der Waals surface area (Å²) in [7, 11) is 0. The molecule has 2 unspecified atom stereocenters. The van der Waals surface area contributed by atoms with Crippen molar-refractivity contribution in [2.45, 2.75) is 12.1 Å². The normalized spacial score (nSPS) is 18.2. The molecule has 4 aromatic carbocycles. The average Bonchev–Trinajstić information content (AvgIpc) is 3.14. The van der Waals surface area contributed by atoms with Crippen LogP contribution in [0.5, 0.6) is 0 Å². The minimum atomic E-state index is -0.233. The van der Waals surface area contributed by atoms with Crippen LogP contribution in [-0.4, -0.2) is 6.03 Å². The number of rotatable bonds is 4. The number of hydrogen-bond donors (Lipinski definition) is 0. The summed E-state index contributed by atoms with van der Waals surface area (Å²) in [5.41, 5.74) is 3.71. The van der Waals surface area contributed by atoms with E-state index in [-0.39, 0.29) is 18.1 Å². The van der Waals surface area contributed by atoms with E-state index in [4.69, 9.17) is 23.2 Å². The lowest BCUT2D eigenvalue weighted by Gasteiger charge is -2.29. The van der Waals surface area contributed by atoms with Gasteiger partial charge in [0.2, 0.25) is 0 Å². The smallest absolute Gasteiger partial charge is 0.284 e. The third-order valence-corrected chi connectivity index (χ3v) is 6.26. The minimum absolute atomic E-state index is 0.0997. The molecule has 1 aliphatic heterocycles. The van der Waals surface area contributed by atoms with Crippen molar-refractivity contribution in [2.24, 2.45) is 0 Å². The molecule has 1 heterocycles. The molecule has 1 fully saturated rings. The molecule has 5 heteroatoms. The van der Waals surface area contributed by atoms with Crippen LogP contribution in [0.25, 0.3) is 0 Å². The van der Waals surface area contributed by atoms with E-state index in [0.717, 1.165) is 22.5 Å². The Hall–Kier alpha value is -3.27. The fourth-order valence-corrected chi connectivity index (χ4v) is 4.60. The highest BCUT2D eigenvalue weighted by Crippen LogP contribution is 2.49. The van der Waals surface area contributed by atoms with E-state index >= 15 is 0 Å². The Kier molecular flexibility index (Phi) is 5.60. The molecule has 0 bridgehead atoms. The second-order valence-electron chi connectivity index (χ2n) is 7.69. The maximum absolute atomic E-state index is 14.0. The van der Waals surface area contributed by atoms with Crippen LogP contribution in [0.3, 0.4) is 0 Å². The number of nitrogens with zero attached hydrogens (tertiary/aromatic N) is 2. The molecule has 158 valence electrons. The van der Waals surface area contributed by atoms with Gasteiger partial charge in [0.25, 0.3) is 0 Å². The lowest BCUT2D eigenvalue weighted by atomic mass is 9.92. The van der Waals surface area contributed by atoms with Gasteiger partial charge in [-0.1, -0.05) is 83.9 Å². The predicted molar refractivity (Wildman–Crippen MR) is 132 cm³/mol. The van der Waals surface area contributed by atoms with E-state index in [9.17, 15) is 4.79 Å². The van der Waals surface area contributed by atoms with E-state index in [1.807, 2.05) is 94.7 Å². The Labute approximate surface area is 197 Å². The van der Waals surface area contributed by atoms with Gasteiger partial charge in [-0.15, -0.1) is 0 Å². The quantitative estimate of drug-likeness (QED) is 0.304. The van der Waals surface area contributed by atoms with Crippen molar-refractivity contribution in [3.8, 4) is 0 Å². The maximum atomic E-state index is 14.0. The Balaban J connectivity index is 1.73. The van der Waals surface area contributed by atoms with Gasteiger partial charge in [0.05, 0.1) is 12.1 Å². The molecule has 1 aliphatic rings. The maximum Gasteiger partial charge on any atom is 0.330 e. The van der Waals surface area contributed by atoms with Crippen molar-refractivity contribution in [2.75, 3.05) is 9.80 Å². The summed E-state index contributed by atoms with van der Waals surface area (Å²) in [5.74, 6) is 0. The first kappa shape index (κ1) is 20.6. The van der Waals surface area contributed by atoms with E-state index in [1.165, 1.54) is 0 Å². The van der Waals surface area contributed by atoms with Gasteiger partial charge in [-0.2, -0.15) is 0 Å². The second kappa shape index (κ2) is 8.70. The molecule has 0 aromatic heterocycles. The Morgan fingerprint density at radius 2 is 0.844 bits per heavy atom. The molecule has 3 nitrogen and oxygen atoms in total. The third kappa shape index (κ3) is 3.75. The summed E-state index contributed by atoms with van der Waals surface area (Å²) >= 11 is 12.3. The van der Waals surface area contributed by atoms with E-state index < -0.39 is 0 Å². The molecule has 1 saturated heterocycles. The number of amides is 2. The van der Waals surface area contributed by atoms with E-state index in [0.29, 0.717) is 10.0 Å². The Morgan fingerprint density at radius 1 is 0.500 bits per heavy atom. The van der Waals surface area contributed by atoms with Gasteiger partial charge in [-0.05, 0) is 59.7 Å². The average molecular weight is 459 g/mol.